The lowest BCUT2D eigenvalue weighted by Gasteiger charge is -2.26. The molecule has 2 aromatic rings. The topological polar surface area (TPSA) is 59.4 Å². The van der Waals surface area contributed by atoms with Gasteiger partial charge in [-0.05, 0) is 36.0 Å². The number of aromatic nitrogens is 2. The highest BCUT2D eigenvalue weighted by molar-refractivity contribution is 7.80. The number of hydrogen-bond acceptors (Lipinski definition) is 4. The van der Waals surface area contributed by atoms with Crippen LogP contribution in [-0.4, -0.2) is 39.2 Å². The molecule has 0 amide bonds. The van der Waals surface area contributed by atoms with Crippen LogP contribution in [0.2, 0.25) is 0 Å². The molecule has 2 atom stereocenters. The molecule has 1 saturated heterocycles. The van der Waals surface area contributed by atoms with E-state index in [0.29, 0.717) is 11.7 Å². The van der Waals surface area contributed by atoms with Gasteiger partial charge in [0, 0.05) is 32.2 Å². The van der Waals surface area contributed by atoms with Gasteiger partial charge in [0.05, 0.1) is 31.3 Å². The summed E-state index contributed by atoms with van der Waals surface area (Å²) >= 11 is 5.52. The molecule has 126 valence electrons. The molecule has 0 spiro atoms. The molecule has 3 rings (SSSR count). The Morgan fingerprint density at radius 1 is 1.42 bits per heavy atom. The Morgan fingerprint density at radius 3 is 2.88 bits per heavy atom. The lowest BCUT2D eigenvalue weighted by Crippen LogP contribution is -2.31. The molecule has 1 N–H and O–H groups in total. The van der Waals surface area contributed by atoms with E-state index in [1.54, 1.807) is 6.20 Å². The Balaban J connectivity index is 1.92. The van der Waals surface area contributed by atoms with Crippen LogP contribution in [0.5, 0.6) is 0 Å². The molecule has 0 aliphatic carbocycles. The zero-order chi connectivity index (χ0) is 17.1. The van der Waals surface area contributed by atoms with Crippen LogP contribution in [0.3, 0.4) is 0 Å². The quantitative estimate of drug-likeness (QED) is 0.661. The summed E-state index contributed by atoms with van der Waals surface area (Å²) in [4.78, 5) is 18.1. The molecule has 1 aliphatic rings. The number of pyridine rings is 1. The van der Waals surface area contributed by atoms with E-state index in [9.17, 15) is 4.79 Å². The number of carbonyl (C=O) groups is 1. The molecule has 6 nitrogen and oxygen atoms in total. The smallest absolute Gasteiger partial charge is 0.307 e. The fourth-order valence-corrected chi connectivity index (χ4v) is 3.36. The summed E-state index contributed by atoms with van der Waals surface area (Å²) in [6, 6.07) is 7.84. The zero-order valence-corrected chi connectivity index (χ0v) is 14.5. The van der Waals surface area contributed by atoms with Gasteiger partial charge < -0.3 is 19.5 Å². The van der Waals surface area contributed by atoms with Crippen LogP contribution in [0.1, 0.15) is 29.8 Å². The number of esters is 1. The largest absolute Gasteiger partial charge is 0.469 e. The predicted molar refractivity (Wildman–Crippen MR) is 94.2 cm³/mol. The molecule has 7 heteroatoms. The summed E-state index contributed by atoms with van der Waals surface area (Å²) in [6.45, 7) is 0.501. The van der Waals surface area contributed by atoms with Gasteiger partial charge in [-0.2, -0.15) is 0 Å². The fraction of sp³-hybridized carbons (Fsp3) is 0.353. The minimum absolute atomic E-state index is 0.0155. The van der Waals surface area contributed by atoms with Gasteiger partial charge >= 0.3 is 5.97 Å². The lowest BCUT2D eigenvalue weighted by molar-refractivity contribution is -0.140. The summed E-state index contributed by atoms with van der Waals surface area (Å²) in [6.07, 6.45) is 6.14. The summed E-state index contributed by atoms with van der Waals surface area (Å²) in [7, 11) is 3.38. The highest BCUT2D eigenvalue weighted by atomic mass is 32.1. The van der Waals surface area contributed by atoms with Crippen LogP contribution in [0.4, 0.5) is 0 Å². The van der Waals surface area contributed by atoms with E-state index in [1.807, 2.05) is 40.9 Å². The number of aryl methyl sites for hydroxylation is 1. The van der Waals surface area contributed by atoms with Gasteiger partial charge in [0.15, 0.2) is 5.11 Å². The molecular formula is C17H20N4O2S. The lowest BCUT2D eigenvalue weighted by atomic mass is 9.99. The minimum Gasteiger partial charge on any atom is -0.469 e. The number of ether oxygens (including phenoxy) is 1. The highest BCUT2D eigenvalue weighted by Gasteiger charge is 2.40. The summed E-state index contributed by atoms with van der Waals surface area (Å²) < 4.78 is 6.76. The Kier molecular flexibility index (Phi) is 4.80. The van der Waals surface area contributed by atoms with Crippen molar-refractivity contribution in [3.63, 3.8) is 0 Å². The molecule has 1 aliphatic heterocycles. The molecule has 24 heavy (non-hydrogen) atoms. The number of carbonyl (C=O) groups excluding carboxylic acids is 1. The summed E-state index contributed by atoms with van der Waals surface area (Å²) in [5.74, 6) is -0.245. The first-order valence-electron chi connectivity index (χ1n) is 7.77. The first-order chi connectivity index (χ1) is 11.6. The average Bonchev–Trinajstić information content (AvgIpc) is 3.16. The molecule has 3 heterocycles. The van der Waals surface area contributed by atoms with E-state index in [0.717, 1.165) is 11.3 Å². The van der Waals surface area contributed by atoms with E-state index in [-0.39, 0.29) is 24.5 Å². The molecule has 1 fully saturated rings. The third-order valence-electron chi connectivity index (χ3n) is 4.18. The van der Waals surface area contributed by atoms with E-state index in [1.165, 1.54) is 7.11 Å². The van der Waals surface area contributed by atoms with Crippen molar-refractivity contribution < 1.29 is 9.53 Å². The van der Waals surface area contributed by atoms with Gasteiger partial charge in [0.25, 0.3) is 0 Å². The molecule has 0 saturated carbocycles. The second-order valence-corrected chi connectivity index (χ2v) is 6.14. The third kappa shape index (κ3) is 3.26. The highest BCUT2D eigenvalue weighted by Crippen LogP contribution is 2.38. The molecule has 2 aromatic heterocycles. The monoisotopic (exact) mass is 344 g/mol. The number of methoxy groups -OCH3 is 1. The SMILES string of the molecule is COC(=O)CCN1C(=S)NC(c2ccccn2)C1c1ccn(C)c1. The van der Waals surface area contributed by atoms with Crippen molar-refractivity contribution in [1.29, 1.82) is 0 Å². The van der Waals surface area contributed by atoms with Crippen LogP contribution >= 0.6 is 12.2 Å². The zero-order valence-electron chi connectivity index (χ0n) is 13.7. The molecule has 0 radical (unpaired) electrons. The minimum atomic E-state index is -0.245. The van der Waals surface area contributed by atoms with Crippen LogP contribution in [-0.2, 0) is 16.6 Å². The Morgan fingerprint density at radius 2 is 2.25 bits per heavy atom. The third-order valence-corrected chi connectivity index (χ3v) is 4.53. The summed E-state index contributed by atoms with van der Waals surface area (Å²) in [5.41, 5.74) is 2.06. The number of hydrogen-bond donors (Lipinski definition) is 1. The standard InChI is InChI=1S/C17H20N4O2S/c1-20-9-6-12(11-20)16-15(13-5-3-4-8-18-13)19-17(24)21(16)10-7-14(22)23-2/h3-6,8-9,11,15-16H,7,10H2,1-2H3,(H,19,24). The van der Waals surface area contributed by atoms with E-state index in [2.05, 4.69) is 22.6 Å². The molecule has 0 bridgehead atoms. The van der Waals surface area contributed by atoms with E-state index in [4.69, 9.17) is 17.0 Å². The number of rotatable bonds is 5. The van der Waals surface area contributed by atoms with Gasteiger partial charge in [-0.15, -0.1) is 0 Å². The normalized spacial score (nSPS) is 20.1. The number of nitrogens with zero attached hydrogens (tertiary/aromatic N) is 3. The first kappa shape index (κ1) is 16.4. The molecule has 2 unspecified atom stereocenters. The van der Waals surface area contributed by atoms with Gasteiger partial charge in [-0.1, -0.05) is 6.07 Å². The van der Waals surface area contributed by atoms with Crippen molar-refractivity contribution in [2.45, 2.75) is 18.5 Å². The van der Waals surface area contributed by atoms with Crippen molar-refractivity contribution >= 4 is 23.3 Å². The number of thiocarbonyl (C=S) groups is 1. The Labute approximate surface area is 146 Å². The van der Waals surface area contributed by atoms with Gasteiger partial charge in [0.1, 0.15) is 0 Å². The average molecular weight is 344 g/mol. The summed E-state index contributed by atoms with van der Waals surface area (Å²) in [5, 5.41) is 3.98. The Bertz CT molecular complexity index is 731. The molecular weight excluding hydrogens is 324 g/mol. The van der Waals surface area contributed by atoms with Crippen molar-refractivity contribution in [3.8, 4) is 0 Å². The predicted octanol–water partition coefficient (Wildman–Crippen LogP) is 1.96. The maximum Gasteiger partial charge on any atom is 0.307 e. The maximum atomic E-state index is 11.5. The van der Waals surface area contributed by atoms with Gasteiger partial charge in [-0.3, -0.25) is 9.78 Å². The van der Waals surface area contributed by atoms with Gasteiger partial charge in [-0.25, -0.2) is 0 Å². The van der Waals surface area contributed by atoms with Crippen LogP contribution < -0.4 is 5.32 Å². The first-order valence-corrected chi connectivity index (χ1v) is 8.17. The van der Waals surface area contributed by atoms with Crippen LogP contribution in [0.15, 0.2) is 42.9 Å². The van der Waals surface area contributed by atoms with Crippen LogP contribution in [0.25, 0.3) is 0 Å². The van der Waals surface area contributed by atoms with E-state index < -0.39 is 0 Å². The van der Waals surface area contributed by atoms with Crippen LogP contribution in [0, 0.1) is 0 Å². The second kappa shape index (κ2) is 7.00. The van der Waals surface area contributed by atoms with Crippen molar-refractivity contribution in [2.75, 3.05) is 13.7 Å². The maximum absolute atomic E-state index is 11.5. The number of nitrogens with one attached hydrogen (secondary N) is 1. The van der Waals surface area contributed by atoms with Crippen molar-refractivity contribution in [3.05, 3.63) is 54.1 Å². The van der Waals surface area contributed by atoms with E-state index >= 15 is 0 Å². The second-order valence-electron chi connectivity index (χ2n) is 5.76. The van der Waals surface area contributed by atoms with Crippen molar-refractivity contribution in [1.82, 2.24) is 19.8 Å². The van der Waals surface area contributed by atoms with Gasteiger partial charge in [0.2, 0.25) is 0 Å². The van der Waals surface area contributed by atoms with Crippen molar-refractivity contribution in [2.24, 2.45) is 7.05 Å². The Hall–Kier alpha value is -2.41. The fourth-order valence-electron chi connectivity index (χ4n) is 3.02. The molecule has 0 aromatic carbocycles.